The average molecular weight is 285 g/mol. The van der Waals surface area contributed by atoms with Gasteiger partial charge in [-0.2, -0.15) is 0 Å². The summed E-state index contributed by atoms with van der Waals surface area (Å²) in [7, 11) is 0. The normalized spacial score (nSPS) is 15.5. The van der Waals surface area contributed by atoms with Crippen molar-refractivity contribution in [3.8, 4) is 0 Å². The lowest BCUT2D eigenvalue weighted by atomic mass is 9.97. The molecule has 2 N–H and O–H groups in total. The second-order valence-corrected chi connectivity index (χ2v) is 5.30. The summed E-state index contributed by atoms with van der Waals surface area (Å²) in [5.74, 6) is -1.02. The van der Waals surface area contributed by atoms with Crippen LogP contribution < -0.4 is 5.32 Å². The van der Waals surface area contributed by atoms with Crippen molar-refractivity contribution in [3.63, 3.8) is 0 Å². The first-order valence-electron chi connectivity index (χ1n) is 6.99. The van der Waals surface area contributed by atoms with Gasteiger partial charge in [-0.3, -0.25) is 0 Å². The molecule has 3 nitrogen and oxygen atoms in total. The molecule has 21 heavy (non-hydrogen) atoms. The zero-order valence-corrected chi connectivity index (χ0v) is 11.4. The van der Waals surface area contributed by atoms with Gasteiger partial charge >= 0.3 is 5.97 Å². The minimum Gasteiger partial charge on any atom is -0.479 e. The number of hydrogen-bond acceptors (Lipinski definition) is 2. The Balaban J connectivity index is 1.96. The van der Waals surface area contributed by atoms with E-state index in [0.717, 1.165) is 24.0 Å². The topological polar surface area (TPSA) is 49.3 Å². The van der Waals surface area contributed by atoms with Gasteiger partial charge in [0.15, 0.2) is 6.04 Å². The summed E-state index contributed by atoms with van der Waals surface area (Å²) < 4.78 is 13.7. The van der Waals surface area contributed by atoms with Gasteiger partial charge in [0, 0.05) is 0 Å². The molecule has 0 amide bonds. The van der Waals surface area contributed by atoms with Crippen molar-refractivity contribution in [1.29, 1.82) is 0 Å². The second-order valence-electron chi connectivity index (χ2n) is 5.30. The lowest BCUT2D eigenvalue weighted by molar-refractivity contribution is -0.138. The van der Waals surface area contributed by atoms with E-state index in [1.165, 1.54) is 6.07 Å². The molecular weight excluding hydrogens is 269 g/mol. The number of para-hydroxylation sites is 1. The molecule has 2 aromatic rings. The van der Waals surface area contributed by atoms with Crippen molar-refractivity contribution in [2.45, 2.75) is 24.8 Å². The highest BCUT2D eigenvalue weighted by molar-refractivity contribution is 5.80. The Bertz CT molecular complexity index is 667. The number of carboxylic acid groups (broad SMARTS) is 1. The highest BCUT2D eigenvalue weighted by Crippen LogP contribution is 2.43. The molecule has 0 radical (unpaired) electrons. The standard InChI is InChI=1S/C17H16FNO2/c18-14-7-3-4-8-15(14)19-16(17(20)21)13-6-2-1-5-12(13)11-9-10-11/h1-8,11,16,19H,9-10H2,(H,20,21). The second kappa shape index (κ2) is 5.56. The molecule has 0 heterocycles. The zero-order chi connectivity index (χ0) is 14.8. The number of nitrogens with one attached hydrogen (secondary N) is 1. The van der Waals surface area contributed by atoms with E-state index >= 15 is 0 Å². The van der Waals surface area contributed by atoms with Crippen molar-refractivity contribution < 1.29 is 14.3 Å². The maximum Gasteiger partial charge on any atom is 0.330 e. The van der Waals surface area contributed by atoms with Crippen LogP contribution in [0.5, 0.6) is 0 Å². The number of anilines is 1. The number of benzene rings is 2. The highest BCUT2D eigenvalue weighted by Gasteiger charge is 2.30. The Kier molecular flexibility index (Phi) is 3.60. The number of carbonyl (C=O) groups is 1. The van der Waals surface area contributed by atoms with E-state index in [9.17, 15) is 14.3 Å². The van der Waals surface area contributed by atoms with Gasteiger partial charge in [-0.15, -0.1) is 0 Å². The molecule has 0 spiro atoms. The van der Waals surface area contributed by atoms with E-state index in [-0.39, 0.29) is 5.69 Å². The quantitative estimate of drug-likeness (QED) is 0.874. The predicted molar refractivity (Wildman–Crippen MR) is 78.8 cm³/mol. The predicted octanol–water partition coefficient (Wildman–Crippen LogP) is 3.94. The van der Waals surface area contributed by atoms with E-state index in [0.29, 0.717) is 5.92 Å². The molecule has 1 fully saturated rings. The Morgan fingerprint density at radius 2 is 1.81 bits per heavy atom. The van der Waals surface area contributed by atoms with E-state index in [1.807, 2.05) is 18.2 Å². The molecule has 1 unspecified atom stereocenters. The Hall–Kier alpha value is -2.36. The van der Waals surface area contributed by atoms with Crippen molar-refractivity contribution in [1.82, 2.24) is 0 Å². The number of carboxylic acids is 1. The maximum atomic E-state index is 13.7. The van der Waals surface area contributed by atoms with Crippen LogP contribution in [0, 0.1) is 5.82 Å². The minimum absolute atomic E-state index is 0.204. The van der Waals surface area contributed by atoms with Crippen LogP contribution in [0.3, 0.4) is 0 Å². The molecule has 1 saturated carbocycles. The highest BCUT2D eigenvalue weighted by atomic mass is 19.1. The van der Waals surface area contributed by atoms with Crippen LogP contribution in [0.1, 0.15) is 35.9 Å². The van der Waals surface area contributed by atoms with E-state index in [1.54, 1.807) is 24.3 Å². The van der Waals surface area contributed by atoms with Crippen LogP contribution in [0.2, 0.25) is 0 Å². The third kappa shape index (κ3) is 2.89. The van der Waals surface area contributed by atoms with Crippen LogP contribution in [-0.2, 0) is 4.79 Å². The summed E-state index contributed by atoms with van der Waals surface area (Å²) in [4.78, 5) is 11.6. The molecule has 0 bridgehead atoms. The number of hydrogen-bond donors (Lipinski definition) is 2. The molecule has 1 aliphatic carbocycles. The van der Waals surface area contributed by atoms with E-state index < -0.39 is 17.8 Å². The first-order chi connectivity index (χ1) is 10.2. The third-order valence-corrected chi connectivity index (χ3v) is 3.74. The lowest BCUT2D eigenvalue weighted by Gasteiger charge is -2.19. The molecular formula is C17H16FNO2. The van der Waals surface area contributed by atoms with Gasteiger partial charge in [-0.25, -0.2) is 9.18 Å². The Morgan fingerprint density at radius 3 is 2.48 bits per heavy atom. The Morgan fingerprint density at radius 1 is 1.14 bits per heavy atom. The van der Waals surface area contributed by atoms with Gasteiger partial charge in [0.2, 0.25) is 0 Å². The van der Waals surface area contributed by atoms with E-state index in [4.69, 9.17) is 0 Å². The van der Waals surface area contributed by atoms with Crippen molar-refractivity contribution in [2.75, 3.05) is 5.32 Å². The molecule has 108 valence electrons. The fourth-order valence-corrected chi connectivity index (χ4v) is 2.55. The number of aliphatic carboxylic acids is 1. The largest absolute Gasteiger partial charge is 0.479 e. The van der Waals surface area contributed by atoms with Gasteiger partial charge in [-0.05, 0) is 42.0 Å². The van der Waals surface area contributed by atoms with Crippen LogP contribution in [0.4, 0.5) is 10.1 Å². The smallest absolute Gasteiger partial charge is 0.330 e. The van der Waals surface area contributed by atoms with Crippen molar-refractivity contribution in [2.24, 2.45) is 0 Å². The summed E-state index contributed by atoms with van der Waals surface area (Å²) >= 11 is 0. The van der Waals surface area contributed by atoms with Crippen LogP contribution >= 0.6 is 0 Å². The summed E-state index contributed by atoms with van der Waals surface area (Å²) in [6.45, 7) is 0. The molecule has 3 rings (SSSR count). The SMILES string of the molecule is O=C(O)C(Nc1ccccc1F)c1ccccc1C1CC1. The maximum absolute atomic E-state index is 13.7. The molecule has 1 atom stereocenters. The lowest BCUT2D eigenvalue weighted by Crippen LogP contribution is -2.22. The summed E-state index contributed by atoms with van der Waals surface area (Å²) in [5.41, 5.74) is 1.97. The van der Waals surface area contributed by atoms with Gasteiger partial charge in [-0.1, -0.05) is 36.4 Å². The van der Waals surface area contributed by atoms with Gasteiger partial charge < -0.3 is 10.4 Å². The first-order valence-corrected chi connectivity index (χ1v) is 6.99. The van der Waals surface area contributed by atoms with Crippen molar-refractivity contribution >= 4 is 11.7 Å². The van der Waals surface area contributed by atoms with Crippen molar-refractivity contribution in [3.05, 3.63) is 65.5 Å². The monoisotopic (exact) mass is 285 g/mol. The van der Waals surface area contributed by atoms with Crippen LogP contribution in [0.15, 0.2) is 48.5 Å². The zero-order valence-electron chi connectivity index (χ0n) is 11.4. The summed E-state index contributed by atoms with van der Waals surface area (Å²) in [6, 6.07) is 12.7. The fraction of sp³-hybridized carbons (Fsp3) is 0.235. The summed E-state index contributed by atoms with van der Waals surface area (Å²) in [6.07, 6.45) is 2.17. The fourth-order valence-electron chi connectivity index (χ4n) is 2.55. The minimum atomic E-state index is -1.01. The Labute approximate surface area is 122 Å². The third-order valence-electron chi connectivity index (χ3n) is 3.74. The average Bonchev–Trinajstić information content (AvgIpc) is 3.31. The van der Waals surface area contributed by atoms with E-state index in [2.05, 4.69) is 5.32 Å². The van der Waals surface area contributed by atoms with Gasteiger partial charge in [0.1, 0.15) is 5.82 Å². The summed E-state index contributed by atoms with van der Waals surface area (Å²) in [5, 5.41) is 12.3. The van der Waals surface area contributed by atoms with Gasteiger partial charge in [0.25, 0.3) is 0 Å². The molecule has 4 heteroatoms. The van der Waals surface area contributed by atoms with Crippen LogP contribution in [0.25, 0.3) is 0 Å². The molecule has 1 aliphatic rings. The number of halogens is 1. The van der Waals surface area contributed by atoms with Gasteiger partial charge in [0.05, 0.1) is 5.69 Å². The molecule has 0 aromatic heterocycles. The van der Waals surface area contributed by atoms with Crippen LogP contribution in [-0.4, -0.2) is 11.1 Å². The molecule has 2 aromatic carbocycles. The molecule has 0 aliphatic heterocycles. The molecule has 0 saturated heterocycles. The number of rotatable bonds is 5. The first kappa shape index (κ1) is 13.6.